The molecule has 1 amide bonds. The van der Waals surface area contributed by atoms with E-state index in [1.807, 2.05) is 12.2 Å². The van der Waals surface area contributed by atoms with E-state index in [0.717, 1.165) is 6.42 Å². The van der Waals surface area contributed by atoms with E-state index in [0.29, 0.717) is 0 Å². The minimum Gasteiger partial charge on any atom is -0.466 e. The first kappa shape index (κ1) is 10.9. The molecule has 0 spiro atoms. The number of fused-ring (bicyclic) bond motifs is 1. The number of esters is 1. The van der Waals surface area contributed by atoms with Crippen LogP contribution in [0.25, 0.3) is 0 Å². The molecule has 2 rings (SSSR count). The molecule has 4 atom stereocenters. The van der Waals surface area contributed by atoms with Crippen molar-refractivity contribution in [3.8, 4) is 0 Å². The number of ether oxygens (including phenoxy) is 1. The van der Waals surface area contributed by atoms with E-state index in [1.54, 1.807) is 0 Å². The van der Waals surface area contributed by atoms with E-state index in [2.05, 4.69) is 16.6 Å². The van der Waals surface area contributed by atoms with E-state index in [1.165, 1.54) is 13.2 Å². The third-order valence-corrected chi connectivity index (χ3v) is 3.45. The van der Waals surface area contributed by atoms with E-state index in [-0.39, 0.29) is 35.7 Å². The quantitative estimate of drug-likeness (QED) is 0.329. The highest BCUT2D eigenvalue weighted by Gasteiger charge is 2.52. The Bertz CT molecular complexity index is 361. The van der Waals surface area contributed by atoms with Gasteiger partial charge in [0, 0.05) is 12.1 Å². The van der Waals surface area contributed by atoms with Crippen LogP contribution < -0.4 is 5.32 Å². The molecule has 0 radical (unpaired) electrons. The largest absolute Gasteiger partial charge is 0.466 e. The number of methoxy groups -OCH3 is 1. The van der Waals surface area contributed by atoms with Gasteiger partial charge < -0.3 is 10.1 Å². The van der Waals surface area contributed by atoms with E-state index in [9.17, 15) is 9.59 Å². The minimum atomic E-state index is -0.357. The molecule has 0 unspecified atom stereocenters. The lowest BCUT2D eigenvalue weighted by Gasteiger charge is -2.35. The van der Waals surface area contributed by atoms with Crippen molar-refractivity contribution in [2.24, 2.45) is 17.8 Å². The summed E-state index contributed by atoms with van der Waals surface area (Å²) in [6.45, 7) is 3.75. The zero-order valence-electron chi connectivity index (χ0n) is 9.18. The SMILES string of the molecule is C=C[C@H]1C[C@@H](/C=C/C(=O)OC)[C@@H]2NC(=O)[C@@H]21. The third kappa shape index (κ3) is 1.64. The normalized spacial score (nSPS) is 36.4. The average molecular weight is 221 g/mol. The Hall–Kier alpha value is -1.58. The van der Waals surface area contributed by atoms with Crippen molar-refractivity contribution in [2.75, 3.05) is 7.11 Å². The van der Waals surface area contributed by atoms with Crippen LogP contribution in [0.5, 0.6) is 0 Å². The lowest BCUT2D eigenvalue weighted by Crippen LogP contribution is -2.58. The number of β-lactam (4-membered cyclic amide) rings is 1. The smallest absolute Gasteiger partial charge is 0.330 e. The molecule has 0 aromatic heterocycles. The summed E-state index contributed by atoms with van der Waals surface area (Å²) in [6, 6.07) is 0.163. The van der Waals surface area contributed by atoms with Crippen molar-refractivity contribution < 1.29 is 14.3 Å². The summed E-state index contributed by atoms with van der Waals surface area (Å²) in [5.41, 5.74) is 0. The summed E-state index contributed by atoms with van der Waals surface area (Å²) < 4.78 is 4.53. The van der Waals surface area contributed by atoms with Gasteiger partial charge in [-0.25, -0.2) is 4.79 Å². The Labute approximate surface area is 94.3 Å². The van der Waals surface area contributed by atoms with Gasteiger partial charge in [0.05, 0.1) is 13.0 Å². The second-order valence-corrected chi connectivity index (χ2v) is 4.24. The maximum Gasteiger partial charge on any atom is 0.330 e. The first-order chi connectivity index (χ1) is 7.67. The van der Waals surface area contributed by atoms with Crippen molar-refractivity contribution in [3.63, 3.8) is 0 Å². The third-order valence-electron chi connectivity index (χ3n) is 3.45. The number of hydrogen-bond donors (Lipinski definition) is 1. The molecule has 2 fully saturated rings. The Morgan fingerprint density at radius 1 is 1.56 bits per heavy atom. The lowest BCUT2D eigenvalue weighted by molar-refractivity contribution is -0.135. The van der Waals surface area contributed by atoms with Gasteiger partial charge in [0.2, 0.25) is 5.91 Å². The molecule has 1 aliphatic heterocycles. The molecular formula is C12H15NO3. The van der Waals surface area contributed by atoms with E-state index >= 15 is 0 Å². The first-order valence-corrected chi connectivity index (χ1v) is 5.36. The summed E-state index contributed by atoms with van der Waals surface area (Å²) >= 11 is 0. The standard InChI is InChI=1S/C12H15NO3/c1-3-7-6-8(4-5-9(14)16-2)11-10(7)12(15)13-11/h3-5,7-8,10-11H,1,6H2,2H3,(H,13,15)/b5-4+/t7-,8+,10+,11-/m0/s1. The van der Waals surface area contributed by atoms with E-state index < -0.39 is 0 Å². The lowest BCUT2D eigenvalue weighted by atomic mass is 9.85. The van der Waals surface area contributed by atoms with Crippen molar-refractivity contribution in [2.45, 2.75) is 12.5 Å². The number of carbonyl (C=O) groups is 2. The zero-order valence-corrected chi connectivity index (χ0v) is 9.18. The molecule has 1 saturated heterocycles. The molecule has 4 nitrogen and oxygen atoms in total. The fourth-order valence-corrected chi connectivity index (χ4v) is 2.57. The van der Waals surface area contributed by atoms with E-state index in [4.69, 9.17) is 0 Å². The molecule has 0 bridgehead atoms. The average Bonchev–Trinajstić information content (AvgIpc) is 2.57. The Balaban J connectivity index is 2.03. The van der Waals surface area contributed by atoms with Crippen LogP contribution >= 0.6 is 0 Å². The van der Waals surface area contributed by atoms with Crippen LogP contribution in [0.3, 0.4) is 0 Å². The summed E-state index contributed by atoms with van der Waals surface area (Å²) in [6.07, 6.45) is 5.96. The molecule has 1 saturated carbocycles. The van der Waals surface area contributed by atoms with Gasteiger partial charge in [-0.15, -0.1) is 6.58 Å². The molecule has 0 aromatic carbocycles. The molecule has 1 aliphatic carbocycles. The van der Waals surface area contributed by atoms with Crippen LogP contribution in [0.4, 0.5) is 0 Å². The molecule has 16 heavy (non-hydrogen) atoms. The van der Waals surface area contributed by atoms with Gasteiger partial charge in [-0.05, 0) is 18.3 Å². The molecule has 1 N–H and O–H groups in total. The predicted octanol–water partition coefficient (Wildman–Crippen LogP) is 0.652. The summed E-state index contributed by atoms with van der Waals surface area (Å²) in [5.74, 6) is 0.230. The van der Waals surface area contributed by atoms with Crippen molar-refractivity contribution in [3.05, 3.63) is 24.8 Å². The first-order valence-electron chi connectivity index (χ1n) is 5.36. The molecule has 2 aliphatic rings. The zero-order chi connectivity index (χ0) is 11.7. The van der Waals surface area contributed by atoms with Crippen LogP contribution in [0.15, 0.2) is 24.8 Å². The predicted molar refractivity (Wildman–Crippen MR) is 58.4 cm³/mol. The van der Waals surface area contributed by atoms with Crippen molar-refractivity contribution in [1.29, 1.82) is 0 Å². The van der Waals surface area contributed by atoms with Crippen LogP contribution in [0.1, 0.15) is 6.42 Å². The number of nitrogens with one attached hydrogen (secondary N) is 1. The highest BCUT2D eigenvalue weighted by molar-refractivity contribution is 5.87. The molecule has 1 heterocycles. The maximum absolute atomic E-state index is 11.3. The van der Waals surface area contributed by atoms with Gasteiger partial charge in [0.15, 0.2) is 0 Å². The van der Waals surface area contributed by atoms with Gasteiger partial charge in [0.1, 0.15) is 0 Å². The van der Waals surface area contributed by atoms with Crippen molar-refractivity contribution in [1.82, 2.24) is 5.32 Å². The highest BCUT2D eigenvalue weighted by Crippen LogP contribution is 2.43. The fourth-order valence-electron chi connectivity index (χ4n) is 2.57. The summed E-state index contributed by atoms with van der Waals surface area (Å²) in [7, 11) is 1.35. The highest BCUT2D eigenvalue weighted by atomic mass is 16.5. The number of amides is 1. The van der Waals surface area contributed by atoms with Crippen molar-refractivity contribution >= 4 is 11.9 Å². The van der Waals surface area contributed by atoms with Gasteiger partial charge in [0.25, 0.3) is 0 Å². The fraction of sp³-hybridized carbons (Fsp3) is 0.500. The molecule has 86 valence electrons. The Morgan fingerprint density at radius 3 is 2.81 bits per heavy atom. The van der Waals surface area contributed by atoms with Crippen LogP contribution in [0, 0.1) is 17.8 Å². The van der Waals surface area contributed by atoms with Gasteiger partial charge in [-0.2, -0.15) is 0 Å². The topological polar surface area (TPSA) is 55.4 Å². The Kier molecular flexibility index (Phi) is 2.81. The number of allylic oxidation sites excluding steroid dienone is 1. The van der Waals surface area contributed by atoms with Crippen LogP contribution in [0.2, 0.25) is 0 Å². The monoisotopic (exact) mass is 221 g/mol. The van der Waals surface area contributed by atoms with Crippen LogP contribution in [-0.4, -0.2) is 25.0 Å². The number of carbonyl (C=O) groups excluding carboxylic acids is 2. The van der Waals surface area contributed by atoms with Gasteiger partial charge in [-0.1, -0.05) is 12.2 Å². The van der Waals surface area contributed by atoms with Gasteiger partial charge >= 0.3 is 5.97 Å². The van der Waals surface area contributed by atoms with Gasteiger partial charge in [-0.3, -0.25) is 4.79 Å². The summed E-state index contributed by atoms with van der Waals surface area (Å²) in [4.78, 5) is 22.3. The summed E-state index contributed by atoms with van der Waals surface area (Å²) in [5, 5.41) is 2.87. The Morgan fingerprint density at radius 2 is 2.31 bits per heavy atom. The van der Waals surface area contributed by atoms with Crippen LogP contribution in [-0.2, 0) is 14.3 Å². The number of hydrogen-bond acceptors (Lipinski definition) is 3. The maximum atomic E-state index is 11.3. The molecule has 0 aromatic rings. The molecular weight excluding hydrogens is 206 g/mol. The minimum absolute atomic E-state index is 0.0461. The second kappa shape index (κ2) is 4.12. The molecule has 4 heteroatoms. The second-order valence-electron chi connectivity index (χ2n) is 4.24. The number of rotatable bonds is 3.